The maximum Gasteiger partial charge on any atom is 0.419 e. The van der Waals surface area contributed by atoms with E-state index in [1.807, 2.05) is 0 Å². The minimum Gasteiger partial charge on any atom is -0.481 e. The Balaban J connectivity index is 1.97. The van der Waals surface area contributed by atoms with Crippen molar-refractivity contribution in [2.24, 2.45) is 0 Å². The molecule has 2 heterocycles. The molecule has 0 saturated heterocycles. The number of carboxylic acid groups (broad SMARTS) is 1. The minimum absolute atomic E-state index is 0.0247. The summed E-state index contributed by atoms with van der Waals surface area (Å²) in [5.74, 6) is -3.55. The lowest BCUT2D eigenvalue weighted by Gasteiger charge is -2.23. The second-order valence-electron chi connectivity index (χ2n) is 5.57. The molecule has 10 heteroatoms. The number of fused-ring (bicyclic) bond motifs is 1. The first-order valence-corrected chi connectivity index (χ1v) is 7.89. The van der Waals surface area contributed by atoms with Crippen molar-refractivity contribution >= 4 is 28.7 Å². The van der Waals surface area contributed by atoms with Crippen LogP contribution in [0.25, 0.3) is 11.1 Å². The van der Waals surface area contributed by atoms with Gasteiger partial charge in [0.15, 0.2) is 5.58 Å². The number of hydrogen-bond acceptors (Lipinski definition) is 7. The van der Waals surface area contributed by atoms with Crippen LogP contribution in [0.3, 0.4) is 0 Å². The number of benzene rings is 1. The van der Waals surface area contributed by atoms with Gasteiger partial charge in [-0.2, -0.15) is 0 Å². The summed E-state index contributed by atoms with van der Waals surface area (Å²) >= 11 is 6.19. The second kappa shape index (κ2) is 6.77. The van der Waals surface area contributed by atoms with E-state index in [1.165, 1.54) is 31.5 Å². The number of carbonyl (C=O) groups is 1. The highest BCUT2D eigenvalue weighted by molar-refractivity contribution is 6.32. The van der Waals surface area contributed by atoms with Gasteiger partial charge in [0.25, 0.3) is 5.79 Å². The highest BCUT2D eigenvalue weighted by atomic mass is 35.5. The Kier molecular flexibility index (Phi) is 4.66. The summed E-state index contributed by atoms with van der Waals surface area (Å²) in [5, 5.41) is 19.3. The van der Waals surface area contributed by atoms with E-state index in [2.05, 4.69) is 9.97 Å². The number of aromatic nitrogens is 3. The van der Waals surface area contributed by atoms with Crippen molar-refractivity contribution in [1.82, 2.24) is 14.5 Å². The average Bonchev–Trinajstić information content (AvgIpc) is 2.88. The molecule has 0 fully saturated rings. The van der Waals surface area contributed by atoms with Crippen LogP contribution in [0.15, 0.2) is 39.8 Å². The van der Waals surface area contributed by atoms with E-state index < -0.39 is 17.5 Å². The van der Waals surface area contributed by atoms with Gasteiger partial charge in [-0.1, -0.05) is 11.6 Å². The lowest BCUT2D eigenvalue weighted by molar-refractivity contribution is -0.137. The maximum absolute atomic E-state index is 11.9. The number of halogens is 1. The number of aliphatic hydroxyl groups is 1. The zero-order valence-corrected chi connectivity index (χ0v) is 14.3. The Bertz CT molecular complexity index is 1010. The fourth-order valence-corrected chi connectivity index (χ4v) is 2.56. The fraction of sp³-hybridized carbons (Fsp3) is 0.250. The molecule has 9 nitrogen and oxygen atoms in total. The molecule has 2 N–H and O–H groups in total. The number of rotatable bonds is 6. The first-order valence-electron chi connectivity index (χ1n) is 7.51. The van der Waals surface area contributed by atoms with Crippen LogP contribution < -0.4 is 10.5 Å². The number of ether oxygens (including phenoxy) is 1. The van der Waals surface area contributed by atoms with Crippen LogP contribution in [0.5, 0.6) is 5.75 Å². The Labute approximate surface area is 151 Å². The number of aliphatic carboxylic acids is 1. The molecule has 3 rings (SSSR count). The molecule has 2 aromatic heterocycles. The normalized spacial score (nSPS) is 13.5. The molecular weight excluding hydrogens is 366 g/mol. The van der Waals surface area contributed by atoms with E-state index in [4.69, 9.17) is 25.9 Å². The van der Waals surface area contributed by atoms with E-state index >= 15 is 0 Å². The van der Waals surface area contributed by atoms with Gasteiger partial charge >= 0.3 is 11.7 Å². The Morgan fingerprint density at radius 2 is 2.08 bits per heavy atom. The topological polar surface area (TPSA) is 128 Å². The van der Waals surface area contributed by atoms with Crippen molar-refractivity contribution in [3.8, 4) is 5.75 Å². The summed E-state index contributed by atoms with van der Waals surface area (Å²) in [5.41, 5.74) is 0.466. The molecular formula is C16H14ClN3O6. The van der Waals surface area contributed by atoms with Crippen molar-refractivity contribution in [3.05, 3.63) is 52.0 Å². The van der Waals surface area contributed by atoms with Crippen molar-refractivity contribution in [3.63, 3.8) is 0 Å². The zero-order valence-electron chi connectivity index (χ0n) is 13.5. The summed E-state index contributed by atoms with van der Waals surface area (Å²) in [6.07, 6.45) is 2.66. The van der Waals surface area contributed by atoms with Crippen LogP contribution in [-0.4, -0.2) is 30.7 Å². The molecule has 0 bridgehead atoms. The number of oxazole rings is 1. The molecule has 1 aromatic carbocycles. The van der Waals surface area contributed by atoms with Crippen LogP contribution in [0.4, 0.5) is 0 Å². The Morgan fingerprint density at radius 1 is 1.38 bits per heavy atom. The highest BCUT2D eigenvalue weighted by Crippen LogP contribution is 2.33. The number of aryl methyl sites for hydroxylation is 1. The fourth-order valence-electron chi connectivity index (χ4n) is 2.36. The van der Waals surface area contributed by atoms with Crippen LogP contribution in [0, 0.1) is 0 Å². The third-order valence-corrected chi connectivity index (χ3v) is 3.86. The van der Waals surface area contributed by atoms with Gasteiger partial charge in [0.05, 0.1) is 17.0 Å². The van der Waals surface area contributed by atoms with Crippen LogP contribution in [0.2, 0.25) is 5.02 Å². The van der Waals surface area contributed by atoms with Crippen LogP contribution in [-0.2, 0) is 17.1 Å². The van der Waals surface area contributed by atoms with E-state index in [0.717, 1.165) is 4.57 Å². The molecule has 0 spiro atoms. The van der Waals surface area contributed by atoms with Gasteiger partial charge < -0.3 is 19.4 Å². The first-order chi connectivity index (χ1) is 12.3. The number of carboxylic acids is 1. The third-order valence-electron chi connectivity index (χ3n) is 3.56. The molecule has 136 valence electrons. The summed E-state index contributed by atoms with van der Waals surface area (Å²) < 4.78 is 11.8. The highest BCUT2D eigenvalue weighted by Gasteiger charge is 2.30. The van der Waals surface area contributed by atoms with Crippen molar-refractivity contribution < 1.29 is 24.2 Å². The SMILES string of the molecule is CC(O)(Oc1cc2oc(=O)n(CCC(=O)O)c2cc1Cl)c1ncccn1. The molecule has 0 aliphatic rings. The van der Waals surface area contributed by atoms with Gasteiger partial charge in [0, 0.05) is 31.9 Å². The minimum atomic E-state index is -1.87. The molecule has 1 atom stereocenters. The quantitative estimate of drug-likeness (QED) is 0.620. The molecule has 0 amide bonds. The van der Waals surface area contributed by atoms with Gasteiger partial charge in [-0.3, -0.25) is 9.36 Å². The third kappa shape index (κ3) is 3.53. The first kappa shape index (κ1) is 17.9. The Hall–Kier alpha value is -2.91. The van der Waals surface area contributed by atoms with Crippen LogP contribution >= 0.6 is 11.6 Å². The van der Waals surface area contributed by atoms with Crippen molar-refractivity contribution in [2.45, 2.75) is 25.7 Å². The molecule has 0 saturated carbocycles. The predicted molar refractivity (Wildman–Crippen MR) is 90.0 cm³/mol. The van der Waals surface area contributed by atoms with E-state index in [9.17, 15) is 14.7 Å². The van der Waals surface area contributed by atoms with Crippen molar-refractivity contribution in [1.29, 1.82) is 0 Å². The molecule has 0 radical (unpaired) electrons. The van der Waals surface area contributed by atoms with Crippen LogP contribution in [0.1, 0.15) is 19.2 Å². The lowest BCUT2D eigenvalue weighted by Crippen LogP contribution is -2.31. The van der Waals surface area contributed by atoms with Gasteiger partial charge in [-0.25, -0.2) is 14.8 Å². The monoisotopic (exact) mass is 379 g/mol. The van der Waals surface area contributed by atoms with Gasteiger partial charge in [-0.15, -0.1) is 0 Å². The summed E-state index contributed by atoms with van der Waals surface area (Å²) in [7, 11) is 0. The average molecular weight is 380 g/mol. The lowest BCUT2D eigenvalue weighted by atomic mass is 10.2. The maximum atomic E-state index is 11.9. The smallest absolute Gasteiger partial charge is 0.419 e. The number of nitrogens with zero attached hydrogens (tertiary/aromatic N) is 3. The van der Waals surface area contributed by atoms with Crippen molar-refractivity contribution in [2.75, 3.05) is 0 Å². The standard InChI is InChI=1S/C16H14ClN3O6/c1-16(24,14-18-4-2-5-19-14)26-11-8-12-10(7-9(11)17)20(15(23)25-12)6-3-13(21)22/h2,4-5,7-8,24H,3,6H2,1H3,(H,21,22). The Morgan fingerprint density at radius 3 is 2.73 bits per heavy atom. The van der Waals surface area contributed by atoms with E-state index in [0.29, 0.717) is 5.52 Å². The van der Waals surface area contributed by atoms with Gasteiger partial charge in [0.1, 0.15) is 5.75 Å². The molecule has 1 unspecified atom stereocenters. The molecule has 0 aliphatic carbocycles. The molecule has 0 aliphatic heterocycles. The predicted octanol–water partition coefficient (Wildman–Crippen LogP) is 1.76. The van der Waals surface area contributed by atoms with E-state index in [1.54, 1.807) is 6.07 Å². The summed E-state index contributed by atoms with van der Waals surface area (Å²) in [4.78, 5) is 30.5. The number of hydrogen-bond donors (Lipinski definition) is 2. The largest absolute Gasteiger partial charge is 0.481 e. The van der Waals surface area contributed by atoms with E-state index in [-0.39, 0.29) is 35.1 Å². The van der Waals surface area contributed by atoms with Gasteiger partial charge in [-0.05, 0) is 12.1 Å². The zero-order chi connectivity index (χ0) is 18.9. The van der Waals surface area contributed by atoms with Gasteiger partial charge in [0.2, 0.25) is 5.82 Å². The summed E-state index contributed by atoms with van der Waals surface area (Å²) in [6.45, 7) is 1.28. The summed E-state index contributed by atoms with van der Waals surface area (Å²) in [6, 6.07) is 4.34. The second-order valence-corrected chi connectivity index (χ2v) is 5.98. The molecule has 3 aromatic rings. The molecule has 26 heavy (non-hydrogen) atoms.